The molecule has 1 atom stereocenters. The van der Waals surface area contributed by atoms with Gasteiger partial charge in [-0.2, -0.15) is 0 Å². The topological polar surface area (TPSA) is 87.7 Å². The molecule has 0 heterocycles. The number of alkyl carbamates (subject to hydrolysis) is 1. The molecular formula is C22H31N3O4. The second-order valence-corrected chi connectivity index (χ2v) is 8.10. The van der Waals surface area contributed by atoms with Gasteiger partial charge in [0.1, 0.15) is 18.2 Å². The van der Waals surface area contributed by atoms with Crippen LogP contribution >= 0.6 is 0 Å². The van der Waals surface area contributed by atoms with Crippen LogP contribution in [0.4, 0.5) is 4.79 Å². The minimum atomic E-state index is -1.02. The molecule has 0 saturated heterocycles. The number of carbonyl (C=O) groups is 3. The molecule has 0 spiro atoms. The van der Waals surface area contributed by atoms with E-state index in [4.69, 9.17) is 11.2 Å². The highest BCUT2D eigenvalue weighted by atomic mass is 16.6. The van der Waals surface area contributed by atoms with Crippen molar-refractivity contribution in [2.75, 3.05) is 6.54 Å². The van der Waals surface area contributed by atoms with E-state index in [-0.39, 0.29) is 6.04 Å². The third-order valence-electron chi connectivity index (χ3n) is 4.07. The average molecular weight is 402 g/mol. The van der Waals surface area contributed by atoms with Gasteiger partial charge >= 0.3 is 6.09 Å². The zero-order valence-electron chi connectivity index (χ0n) is 18.3. The fourth-order valence-electron chi connectivity index (χ4n) is 2.67. The van der Waals surface area contributed by atoms with Gasteiger partial charge in [0.2, 0.25) is 5.91 Å². The number of amides is 3. The van der Waals surface area contributed by atoms with E-state index in [1.165, 1.54) is 0 Å². The number of hydrogen-bond acceptors (Lipinski definition) is 4. The number of nitrogens with one attached hydrogen (secondary N) is 2. The third-order valence-corrected chi connectivity index (χ3v) is 4.07. The van der Waals surface area contributed by atoms with Gasteiger partial charge in [-0.15, -0.1) is 0 Å². The van der Waals surface area contributed by atoms with E-state index < -0.39 is 36.1 Å². The molecule has 0 bridgehead atoms. The SMILES string of the molecule is C#CN(C(=O)CNC(=O)OC(C)(C)C)C(C(=O)NC(C)C)c1cccc(C)c1C. The van der Waals surface area contributed by atoms with Crippen LogP contribution in [-0.4, -0.2) is 41.0 Å². The maximum Gasteiger partial charge on any atom is 0.408 e. The molecule has 0 aliphatic rings. The van der Waals surface area contributed by atoms with E-state index in [1.54, 1.807) is 26.8 Å². The summed E-state index contributed by atoms with van der Waals surface area (Å²) in [5.41, 5.74) is 1.77. The summed E-state index contributed by atoms with van der Waals surface area (Å²) in [7, 11) is 0. The third kappa shape index (κ3) is 7.15. The Morgan fingerprint density at radius 2 is 1.83 bits per heavy atom. The van der Waals surface area contributed by atoms with E-state index in [0.29, 0.717) is 5.56 Å². The van der Waals surface area contributed by atoms with E-state index in [2.05, 4.69) is 16.7 Å². The van der Waals surface area contributed by atoms with Crippen LogP contribution in [-0.2, 0) is 14.3 Å². The molecule has 3 amide bonds. The molecule has 1 unspecified atom stereocenters. The zero-order chi connectivity index (χ0) is 22.4. The molecule has 0 aromatic heterocycles. The summed E-state index contributed by atoms with van der Waals surface area (Å²) < 4.78 is 5.13. The zero-order valence-corrected chi connectivity index (χ0v) is 18.3. The van der Waals surface area contributed by atoms with Gasteiger partial charge in [-0.3, -0.25) is 14.5 Å². The lowest BCUT2D eigenvalue weighted by Crippen LogP contribution is -2.47. The first-order valence-electron chi connectivity index (χ1n) is 9.49. The normalized spacial score (nSPS) is 12.0. The number of hydrogen-bond donors (Lipinski definition) is 2. The van der Waals surface area contributed by atoms with Gasteiger partial charge < -0.3 is 15.4 Å². The molecule has 2 N–H and O–H groups in total. The van der Waals surface area contributed by atoms with Gasteiger partial charge in [0.05, 0.1) is 0 Å². The fraction of sp³-hybridized carbons (Fsp3) is 0.500. The van der Waals surface area contributed by atoms with Gasteiger partial charge in [-0.05, 0) is 65.2 Å². The Kier molecular flexibility index (Phi) is 8.26. The Morgan fingerprint density at radius 3 is 2.34 bits per heavy atom. The van der Waals surface area contributed by atoms with Crippen molar-refractivity contribution in [2.24, 2.45) is 0 Å². The van der Waals surface area contributed by atoms with Crippen molar-refractivity contribution >= 4 is 17.9 Å². The molecule has 0 saturated carbocycles. The van der Waals surface area contributed by atoms with Crippen LogP contribution in [0, 0.1) is 26.3 Å². The van der Waals surface area contributed by atoms with Gasteiger partial charge in [0.25, 0.3) is 5.91 Å². The minimum Gasteiger partial charge on any atom is -0.444 e. The first-order valence-corrected chi connectivity index (χ1v) is 9.49. The summed E-state index contributed by atoms with van der Waals surface area (Å²) in [4.78, 5) is 38.6. The predicted octanol–water partition coefficient (Wildman–Crippen LogP) is 2.81. The molecule has 29 heavy (non-hydrogen) atoms. The van der Waals surface area contributed by atoms with E-state index in [9.17, 15) is 14.4 Å². The molecule has 158 valence electrons. The minimum absolute atomic E-state index is 0.135. The fourth-order valence-corrected chi connectivity index (χ4v) is 2.67. The number of aryl methyl sites for hydroxylation is 1. The first-order chi connectivity index (χ1) is 13.4. The Morgan fingerprint density at radius 1 is 1.21 bits per heavy atom. The second-order valence-electron chi connectivity index (χ2n) is 8.10. The molecule has 7 nitrogen and oxygen atoms in total. The molecule has 0 aliphatic carbocycles. The van der Waals surface area contributed by atoms with Gasteiger partial charge in [-0.25, -0.2) is 4.79 Å². The summed E-state index contributed by atoms with van der Waals surface area (Å²) in [5.74, 6) is -0.986. The summed E-state index contributed by atoms with van der Waals surface area (Å²) in [5, 5.41) is 5.20. The number of rotatable bonds is 6. The maximum absolute atomic E-state index is 12.9. The van der Waals surface area contributed by atoms with Crippen LogP contribution in [0.25, 0.3) is 0 Å². The largest absolute Gasteiger partial charge is 0.444 e. The predicted molar refractivity (Wildman–Crippen MR) is 112 cm³/mol. The van der Waals surface area contributed by atoms with Crippen molar-refractivity contribution in [1.29, 1.82) is 0 Å². The Hall–Kier alpha value is -3.01. The monoisotopic (exact) mass is 401 g/mol. The Labute approximate surface area is 173 Å². The number of terminal acetylenes is 1. The summed E-state index contributed by atoms with van der Waals surface area (Å²) in [6, 6.07) is 6.65. The second kappa shape index (κ2) is 9.97. The van der Waals surface area contributed by atoms with E-state index in [0.717, 1.165) is 16.0 Å². The molecule has 0 fully saturated rings. The van der Waals surface area contributed by atoms with Crippen LogP contribution in [0.2, 0.25) is 0 Å². The van der Waals surface area contributed by atoms with Crippen molar-refractivity contribution < 1.29 is 19.1 Å². The Balaban J connectivity index is 3.16. The average Bonchev–Trinajstić information content (AvgIpc) is 2.58. The van der Waals surface area contributed by atoms with E-state index >= 15 is 0 Å². The lowest BCUT2D eigenvalue weighted by atomic mass is 9.95. The summed E-state index contributed by atoms with van der Waals surface area (Å²) in [6.07, 6.45) is 4.87. The van der Waals surface area contributed by atoms with Crippen molar-refractivity contribution in [2.45, 2.75) is 66.2 Å². The van der Waals surface area contributed by atoms with Crippen LogP contribution in [0.5, 0.6) is 0 Å². The quantitative estimate of drug-likeness (QED) is 0.567. The summed E-state index contributed by atoms with van der Waals surface area (Å²) >= 11 is 0. The molecule has 0 aliphatic heterocycles. The lowest BCUT2D eigenvalue weighted by molar-refractivity contribution is -0.136. The highest BCUT2D eigenvalue weighted by molar-refractivity contribution is 5.92. The van der Waals surface area contributed by atoms with Crippen LogP contribution in [0.1, 0.15) is 57.4 Å². The molecule has 1 aromatic carbocycles. The van der Waals surface area contributed by atoms with Gasteiger partial charge in [0, 0.05) is 12.1 Å². The van der Waals surface area contributed by atoms with Crippen molar-refractivity contribution in [3.8, 4) is 12.5 Å². The van der Waals surface area contributed by atoms with Crippen molar-refractivity contribution in [3.63, 3.8) is 0 Å². The molecule has 1 aromatic rings. The highest BCUT2D eigenvalue weighted by Crippen LogP contribution is 2.26. The van der Waals surface area contributed by atoms with Crippen LogP contribution in [0.3, 0.4) is 0 Å². The van der Waals surface area contributed by atoms with Gasteiger partial charge in [0.15, 0.2) is 0 Å². The van der Waals surface area contributed by atoms with Crippen molar-refractivity contribution in [3.05, 3.63) is 34.9 Å². The maximum atomic E-state index is 12.9. The molecule has 7 heteroatoms. The first kappa shape index (κ1) is 24.0. The number of nitrogens with zero attached hydrogens (tertiary/aromatic N) is 1. The van der Waals surface area contributed by atoms with Crippen LogP contribution < -0.4 is 10.6 Å². The smallest absolute Gasteiger partial charge is 0.408 e. The Bertz CT molecular complexity index is 803. The standard InChI is InChI=1S/C22H31N3O4/c1-9-25(18(26)13-23-21(28)29-22(6,7)8)19(20(27)24-14(2)3)17-12-10-11-15(4)16(17)5/h1,10-12,14,19H,13H2,2-8H3,(H,23,28)(H,24,27). The number of carbonyl (C=O) groups excluding carboxylic acids is 3. The van der Waals surface area contributed by atoms with Crippen molar-refractivity contribution in [1.82, 2.24) is 15.5 Å². The summed E-state index contributed by atoms with van der Waals surface area (Å²) in [6.45, 7) is 12.2. The molecular weight excluding hydrogens is 370 g/mol. The van der Waals surface area contributed by atoms with E-state index in [1.807, 2.05) is 39.8 Å². The number of benzene rings is 1. The highest BCUT2D eigenvalue weighted by Gasteiger charge is 2.32. The molecule has 0 radical (unpaired) electrons. The lowest BCUT2D eigenvalue weighted by Gasteiger charge is -2.29. The molecule has 1 rings (SSSR count). The number of ether oxygens (including phenoxy) is 1. The van der Waals surface area contributed by atoms with Crippen LogP contribution in [0.15, 0.2) is 18.2 Å². The van der Waals surface area contributed by atoms with Gasteiger partial charge in [-0.1, -0.05) is 24.6 Å².